The van der Waals surface area contributed by atoms with Gasteiger partial charge in [-0.25, -0.2) is 4.39 Å². The molecule has 1 aromatic carbocycles. The molecule has 1 aromatic rings. The molecule has 0 heterocycles. The van der Waals surface area contributed by atoms with Crippen LogP contribution in [0.5, 0.6) is 0 Å². The van der Waals surface area contributed by atoms with E-state index in [1.807, 2.05) is 0 Å². The summed E-state index contributed by atoms with van der Waals surface area (Å²) in [5.41, 5.74) is 5.79. The maximum atomic E-state index is 13.5. The Kier molecular flexibility index (Phi) is 6.29. The first kappa shape index (κ1) is 15.4. The van der Waals surface area contributed by atoms with Crippen LogP contribution in [0.2, 0.25) is 0 Å². The fourth-order valence-corrected chi connectivity index (χ4v) is 1.86. The van der Waals surface area contributed by atoms with Crippen LogP contribution in [0.1, 0.15) is 30.6 Å². The van der Waals surface area contributed by atoms with E-state index in [0.29, 0.717) is 12.2 Å². The number of halogens is 1. The van der Waals surface area contributed by atoms with Gasteiger partial charge in [0.1, 0.15) is 5.82 Å². The summed E-state index contributed by atoms with van der Waals surface area (Å²) in [5.74, 6) is -0.974. The van der Waals surface area contributed by atoms with Gasteiger partial charge in [-0.15, -0.1) is 0 Å². The molecule has 1 amide bonds. The molecule has 0 radical (unpaired) electrons. The zero-order valence-corrected chi connectivity index (χ0v) is 11.6. The molecule has 0 saturated carbocycles. The number of hydrogen-bond donors (Lipinski definition) is 2. The van der Waals surface area contributed by atoms with Gasteiger partial charge in [0.25, 0.3) is 5.91 Å². The predicted molar refractivity (Wildman–Crippen MR) is 75.6 cm³/mol. The summed E-state index contributed by atoms with van der Waals surface area (Å²) in [6, 6.07) is 4.09. The van der Waals surface area contributed by atoms with Crippen molar-refractivity contribution in [3.8, 4) is 0 Å². The van der Waals surface area contributed by atoms with Crippen molar-refractivity contribution in [2.45, 2.75) is 20.3 Å². The summed E-state index contributed by atoms with van der Waals surface area (Å²) < 4.78 is 13.5. The topological polar surface area (TPSA) is 58.4 Å². The second kappa shape index (κ2) is 7.74. The average Bonchev–Trinajstić information content (AvgIpc) is 2.38. The van der Waals surface area contributed by atoms with Gasteiger partial charge in [0.05, 0.1) is 5.56 Å². The highest BCUT2D eigenvalue weighted by Gasteiger charge is 2.11. The lowest BCUT2D eigenvalue weighted by molar-refractivity contribution is 0.0948. The van der Waals surface area contributed by atoms with Crippen molar-refractivity contribution >= 4 is 11.6 Å². The molecule has 0 atom stereocenters. The maximum absolute atomic E-state index is 13.5. The number of benzene rings is 1. The minimum absolute atomic E-state index is 0.0389. The van der Waals surface area contributed by atoms with Crippen LogP contribution in [0.3, 0.4) is 0 Å². The minimum Gasteiger partial charge on any atom is -0.399 e. The molecule has 0 unspecified atom stereocenters. The molecule has 0 aromatic heterocycles. The molecule has 0 spiro atoms. The largest absolute Gasteiger partial charge is 0.399 e. The fraction of sp³-hybridized carbons (Fsp3) is 0.500. The zero-order chi connectivity index (χ0) is 14.3. The summed E-state index contributed by atoms with van der Waals surface area (Å²) in [6.07, 6.45) is 0.851. The number of carbonyl (C=O) groups is 1. The minimum atomic E-state index is -0.582. The second-order valence-electron chi connectivity index (χ2n) is 4.38. The fourth-order valence-electron chi connectivity index (χ4n) is 1.86. The van der Waals surface area contributed by atoms with Gasteiger partial charge < -0.3 is 16.0 Å². The van der Waals surface area contributed by atoms with Gasteiger partial charge in [-0.2, -0.15) is 0 Å². The van der Waals surface area contributed by atoms with Crippen LogP contribution in [-0.2, 0) is 0 Å². The molecule has 5 heteroatoms. The quantitative estimate of drug-likeness (QED) is 0.585. The van der Waals surface area contributed by atoms with Crippen LogP contribution in [0.4, 0.5) is 10.1 Å². The van der Waals surface area contributed by atoms with Crippen molar-refractivity contribution in [2.75, 3.05) is 31.9 Å². The van der Waals surface area contributed by atoms with Gasteiger partial charge >= 0.3 is 0 Å². The Labute approximate surface area is 113 Å². The Bertz CT molecular complexity index is 419. The molecule has 1 rings (SSSR count). The number of nitrogens with zero attached hydrogens (tertiary/aromatic N) is 1. The number of carbonyl (C=O) groups excluding carboxylic acids is 1. The van der Waals surface area contributed by atoms with E-state index in [1.165, 1.54) is 12.1 Å². The first-order valence-electron chi connectivity index (χ1n) is 6.64. The molecule has 0 aliphatic heterocycles. The molecule has 106 valence electrons. The van der Waals surface area contributed by atoms with Crippen LogP contribution < -0.4 is 11.1 Å². The Balaban J connectivity index is 2.39. The Morgan fingerprint density at radius 3 is 2.63 bits per heavy atom. The van der Waals surface area contributed by atoms with Crippen molar-refractivity contribution in [1.82, 2.24) is 10.2 Å². The van der Waals surface area contributed by atoms with Gasteiger partial charge in [0, 0.05) is 12.2 Å². The van der Waals surface area contributed by atoms with Crippen LogP contribution in [0.25, 0.3) is 0 Å². The lowest BCUT2D eigenvalue weighted by Crippen LogP contribution is -2.30. The normalized spacial score (nSPS) is 10.7. The van der Waals surface area contributed by atoms with Gasteiger partial charge in [0.2, 0.25) is 0 Å². The molecule has 0 fully saturated rings. The van der Waals surface area contributed by atoms with Crippen molar-refractivity contribution in [3.63, 3.8) is 0 Å². The van der Waals surface area contributed by atoms with Gasteiger partial charge in [-0.3, -0.25) is 4.79 Å². The summed E-state index contributed by atoms with van der Waals surface area (Å²) >= 11 is 0. The van der Waals surface area contributed by atoms with E-state index in [-0.39, 0.29) is 5.56 Å². The van der Waals surface area contributed by atoms with Gasteiger partial charge in [-0.1, -0.05) is 13.8 Å². The third kappa shape index (κ3) is 4.87. The molecular formula is C14H22FN3O. The van der Waals surface area contributed by atoms with Gasteiger partial charge in [0.15, 0.2) is 0 Å². The second-order valence-corrected chi connectivity index (χ2v) is 4.38. The molecule has 0 aliphatic rings. The third-order valence-corrected chi connectivity index (χ3v) is 3.07. The maximum Gasteiger partial charge on any atom is 0.254 e. The summed E-state index contributed by atoms with van der Waals surface area (Å²) in [7, 11) is 0. The van der Waals surface area contributed by atoms with Crippen molar-refractivity contribution in [1.29, 1.82) is 0 Å². The highest BCUT2D eigenvalue weighted by atomic mass is 19.1. The number of anilines is 1. The smallest absolute Gasteiger partial charge is 0.254 e. The summed E-state index contributed by atoms with van der Waals surface area (Å²) in [5, 5.41) is 2.72. The molecule has 19 heavy (non-hydrogen) atoms. The van der Waals surface area contributed by atoms with Crippen LogP contribution in [0, 0.1) is 5.82 Å². The number of rotatable bonds is 7. The number of nitrogens with two attached hydrogens (primary N) is 1. The number of nitrogen functional groups attached to an aromatic ring is 1. The zero-order valence-electron chi connectivity index (χ0n) is 11.6. The number of amides is 1. The highest BCUT2D eigenvalue weighted by Crippen LogP contribution is 2.11. The number of hydrogen-bond acceptors (Lipinski definition) is 3. The molecule has 4 nitrogen and oxygen atoms in total. The van der Waals surface area contributed by atoms with E-state index in [0.717, 1.165) is 32.1 Å². The first-order chi connectivity index (χ1) is 9.08. The average molecular weight is 267 g/mol. The predicted octanol–water partition coefficient (Wildman–Crippen LogP) is 1.87. The van der Waals surface area contributed by atoms with Crippen molar-refractivity contribution in [2.24, 2.45) is 0 Å². The van der Waals surface area contributed by atoms with Crippen LogP contribution in [0.15, 0.2) is 18.2 Å². The highest BCUT2D eigenvalue weighted by molar-refractivity contribution is 5.94. The monoisotopic (exact) mass is 267 g/mol. The molecule has 0 saturated heterocycles. The SMILES string of the molecule is CCN(CC)CCCNC(=O)c1ccc(N)cc1F. The molecular weight excluding hydrogens is 245 g/mol. The van der Waals surface area contributed by atoms with E-state index < -0.39 is 11.7 Å². The molecule has 3 N–H and O–H groups in total. The summed E-state index contributed by atoms with van der Waals surface area (Å²) in [4.78, 5) is 14.0. The van der Waals surface area contributed by atoms with Crippen molar-refractivity contribution in [3.05, 3.63) is 29.6 Å². The van der Waals surface area contributed by atoms with E-state index in [2.05, 4.69) is 24.1 Å². The Morgan fingerprint density at radius 2 is 2.05 bits per heavy atom. The summed E-state index contributed by atoms with van der Waals surface area (Å²) in [6.45, 7) is 7.67. The lowest BCUT2D eigenvalue weighted by atomic mass is 10.2. The van der Waals surface area contributed by atoms with E-state index >= 15 is 0 Å². The standard InChI is InChI=1S/C14H22FN3O/c1-3-18(4-2)9-5-8-17-14(19)12-7-6-11(16)10-13(12)15/h6-7,10H,3-5,8-9,16H2,1-2H3,(H,17,19). The van der Waals surface area contributed by atoms with Crippen molar-refractivity contribution < 1.29 is 9.18 Å². The molecule has 0 bridgehead atoms. The first-order valence-corrected chi connectivity index (χ1v) is 6.64. The third-order valence-electron chi connectivity index (χ3n) is 3.07. The Morgan fingerprint density at radius 1 is 1.37 bits per heavy atom. The Hall–Kier alpha value is -1.62. The number of nitrogens with one attached hydrogen (secondary N) is 1. The van der Waals surface area contributed by atoms with E-state index in [9.17, 15) is 9.18 Å². The van der Waals surface area contributed by atoms with E-state index in [1.54, 1.807) is 0 Å². The van der Waals surface area contributed by atoms with Crippen LogP contribution in [-0.4, -0.2) is 37.0 Å². The lowest BCUT2D eigenvalue weighted by Gasteiger charge is -2.17. The molecule has 0 aliphatic carbocycles. The van der Waals surface area contributed by atoms with E-state index in [4.69, 9.17) is 5.73 Å². The van der Waals surface area contributed by atoms with Crippen LogP contribution >= 0.6 is 0 Å². The van der Waals surface area contributed by atoms with Gasteiger partial charge in [-0.05, 0) is 44.3 Å².